The van der Waals surface area contributed by atoms with Gasteiger partial charge in [0.05, 0.1) is 5.69 Å². The molecule has 5 heteroatoms. The van der Waals surface area contributed by atoms with E-state index >= 15 is 0 Å². The summed E-state index contributed by atoms with van der Waals surface area (Å²) in [6.07, 6.45) is 0.998. The van der Waals surface area contributed by atoms with Crippen molar-refractivity contribution < 1.29 is 9.53 Å². The Morgan fingerprint density at radius 3 is 2.62 bits per heavy atom. The summed E-state index contributed by atoms with van der Waals surface area (Å²) in [6, 6.07) is 9.30. The molecule has 0 fully saturated rings. The van der Waals surface area contributed by atoms with Crippen LogP contribution in [0.25, 0.3) is 0 Å². The molecule has 0 radical (unpaired) electrons. The molecule has 0 aromatic heterocycles. The molecule has 0 unspecified atom stereocenters. The molecular formula is C19H23ClN2O2. The smallest absolute Gasteiger partial charge is 0.318 e. The topological polar surface area (TPSA) is 50.4 Å². The summed E-state index contributed by atoms with van der Waals surface area (Å²) in [7, 11) is 1.57. The molecule has 0 aliphatic carbocycles. The SMILES string of the molecule is CCc1cc(C)c(OCc2c(Cl)cccc2NC(=O)NC)cc1C. The van der Waals surface area contributed by atoms with Gasteiger partial charge in [0.2, 0.25) is 0 Å². The Morgan fingerprint density at radius 2 is 1.96 bits per heavy atom. The van der Waals surface area contributed by atoms with Gasteiger partial charge in [0, 0.05) is 17.6 Å². The molecule has 0 atom stereocenters. The second-order valence-electron chi connectivity index (χ2n) is 5.66. The van der Waals surface area contributed by atoms with Gasteiger partial charge in [-0.15, -0.1) is 0 Å². The minimum atomic E-state index is -0.294. The third kappa shape index (κ3) is 4.20. The van der Waals surface area contributed by atoms with Gasteiger partial charge in [0.1, 0.15) is 12.4 Å². The van der Waals surface area contributed by atoms with Crippen molar-refractivity contribution in [2.24, 2.45) is 0 Å². The molecule has 0 aliphatic rings. The molecule has 0 heterocycles. The normalized spacial score (nSPS) is 10.4. The summed E-state index contributed by atoms with van der Waals surface area (Å²) in [5.41, 5.74) is 5.01. The van der Waals surface area contributed by atoms with Crippen molar-refractivity contribution in [3.05, 3.63) is 57.6 Å². The minimum Gasteiger partial charge on any atom is -0.488 e. The highest BCUT2D eigenvalue weighted by Crippen LogP contribution is 2.28. The largest absolute Gasteiger partial charge is 0.488 e. The van der Waals surface area contributed by atoms with E-state index in [1.807, 2.05) is 6.92 Å². The molecule has 0 aliphatic heterocycles. The number of urea groups is 1. The lowest BCUT2D eigenvalue weighted by Gasteiger charge is -2.16. The monoisotopic (exact) mass is 346 g/mol. The van der Waals surface area contributed by atoms with Crippen molar-refractivity contribution in [2.45, 2.75) is 33.8 Å². The summed E-state index contributed by atoms with van der Waals surface area (Å²) in [5.74, 6) is 0.829. The van der Waals surface area contributed by atoms with Crippen molar-refractivity contribution in [1.82, 2.24) is 5.32 Å². The van der Waals surface area contributed by atoms with E-state index in [-0.39, 0.29) is 12.6 Å². The standard InChI is InChI=1S/C19H23ClN2O2/c1-5-14-9-13(3)18(10-12(14)2)24-11-15-16(20)7-6-8-17(15)22-19(23)21-4/h6-10H,5,11H2,1-4H3,(H2,21,22,23). The van der Waals surface area contributed by atoms with Crippen molar-refractivity contribution in [1.29, 1.82) is 0 Å². The Bertz CT molecular complexity index is 744. The predicted octanol–water partition coefficient (Wildman–Crippen LogP) is 4.85. The van der Waals surface area contributed by atoms with E-state index in [2.05, 4.69) is 36.6 Å². The number of anilines is 1. The third-order valence-electron chi connectivity index (χ3n) is 3.98. The maximum atomic E-state index is 11.6. The van der Waals surface area contributed by atoms with Crippen LogP contribution >= 0.6 is 11.6 Å². The van der Waals surface area contributed by atoms with E-state index in [4.69, 9.17) is 16.3 Å². The van der Waals surface area contributed by atoms with Gasteiger partial charge in [-0.2, -0.15) is 0 Å². The Hall–Kier alpha value is -2.20. The van der Waals surface area contributed by atoms with Crippen LogP contribution in [0.5, 0.6) is 5.75 Å². The van der Waals surface area contributed by atoms with Gasteiger partial charge in [-0.05, 0) is 55.2 Å². The van der Waals surface area contributed by atoms with E-state index < -0.39 is 0 Å². The van der Waals surface area contributed by atoms with Crippen molar-refractivity contribution in [3.8, 4) is 5.75 Å². The van der Waals surface area contributed by atoms with Crippen LogP contribution in [-0.4, -0.2) is 13.1 Å². The van der Waals surface area contributed by atoms with Crippen LogP contribution in [0.1, 0.15) is 29.2 Å². The lowest BCUT2D eigenvalue weighted by molar-refractivity contribution is 0.254. The number of nitrogens with one attached hydrogen (secondary N) is 2. The molecule has 2 rings (SSSR count). The fourth-order valence-electron chi connectivity index (χ4n) is 2.54. The Balaban J connectivity index is 2.23. The van der Waals surface area contributed by atoms with Gasteiger partial charge < -0.3 is 15.4 Å². The minimum absolute atomic E-state index is 0.282. The average molecular weight is 347 g/mol. The average Bonchev–Trinajstić information content (AvgIpc) is 2.56. The maximum absolute atomic E-state index is 11.6. The number of benzene rings is 2. The van der Waals surface area contributed by atoms with Crippen molar-refractivity contribution in [2.75, 3.05) is 12.4 Å². The molecule has 0 spiro atoms. The van der Waals surface area contributed by atoms with Gasteiger partial charge in [0.15, 0.2) is 0 Å². The Labute approximate surface area is 148 Å². The first-order valence-corrected chi connectivity index (χ1v) is 8.33. The number of carbonyl (C=O) groups is 1. The van der Waals surface area contributed by atoms with Crippen LogP contribution in [0.4, 0.5) is 10.5 Å². The number of rotatable bonds is 5. The molecule has 2 N–H and O–H groups in total. The van der Waals surface area contributed by atoms with E-state index in [0.717, 1.165) is 23.3 Å². The van der Waals surface area contributed by atoms with E-state index in [1.165, 1.54) is 11.1 Å². The fourth-order valence-corrected chi connectivity index (χ4v) is 2.77. The van der Waals surface area contributed by atoms with Crippen LogP contribution in [0.2, 0.25) is 5.02 Å². The molecular weight excluding hydrogens is 324 g/mol. The predicted molar refractivity (Wildman–Crippen MR) is 99.2 cm³/mol. The quantitative estimate of drug-likeness (QED) is 0.813. The highest BCUT2D eigenvalue weighted by Gasteiger charge is 2.12. The lowest BCUT2D eigenvalue weighted by atomic mass is 10.0. The fraction of sp³-hybridized carbons (Fsp3) is 0.316. The molecule has 128 valence electrons. The Morgan fingerprint density at radius 1 is 1.21 bits per heavy atom. The summed E-state index contributed by atoms with van der Waals surface area (Å²) < 4.78 is 5.98. The van der Waals surface area contributed by atoms with Crippen molar-refractivity contribution in [3.63, 3.8) is 0 Å². The van der Waals surface area contributed by atoms with Crippen LogP contribution in [0.15, 0.2) is 30.3 Å². The number of halogens is 1. The molecule has 4 nitrogen and oxygen atoms in total. The first-order chi connectivity index (χ1) is 11.5. The number of hydrogen-bond donors (Lipinski definition) is 2. The number of aryl methyl sites for hydroxylation is 3. The molecule has 2 aromatic rings. The zero-order valence-corrected chi connectivity index (χ0v) is 15.3. The van der Waals surface area contributed by atoms with E-state index in [9.17, 15) is 4.79 Å². The van der Waals surface area contributed by atoms with E-state index in [0.29, 0.717) is 10.7 Å². The lowest BCUT2D eigenvalue weighted by Crippen LogP contribution is -2.25. The van der Waals surface area contributed by atoms with Gasteiger partial charge in [-0.3, -0.25) is 0 Å². The Kier molecular flexibility index (Phi) is 6.10. The highest BCUT2D eigenvalue weighted by molar-refractivity contribution is 6.31. The zero-order valence-electron chi connectivity index (χ0n) is 14.5. The maximum Gasteiger partial charge on any atom is 0.318 e. The van der Waals surface area contributed by atoms with Gasteiger partial charge >= 0.3 is 6.03 Å². The summed E-state index contributed by atoms with van der Waals surface area (Å²) in [5, 5.41) is 5.86. The van der Waals surface area contributed by atoms with Gasteiger partial charge in [-0.1, -0.05) is 30.7 Å². The number of ether oxygens (including phenoxy) is 1. The highest BCUT2D eigenvalue weighted by atomic mass is 35.5. The first-order valence-electron chi connectivity index (χ1n) is 7.95. The van der Waals surface area contributed by atoms with Crippen LogP contribution in [-0.2, 0) is 13.0 Å². The van der Waals surface area contributed by atoms with Crippen LogP contribution < -0.4 is 15.4 Å². The molecule has 0 bridgehead atoms. The summed E-state index contributed by atoms with van der Waals surface area (Å²) >= 11 is 6.29. The zero-order chi connectivity index (χ0) is 17.7. The third-order valence-corrected chi connectivity index (χ3v) is 4.33. The molecule has 24 heavy (non-hydrogen) atoms. The number of amides is 2. The number of carbonyl (C=O) groups excluding carboxylic acids is 1. The van der Waals surface area contributed by atoms with Crippen molar-refractivity contribution >= 4 is 23.3 Å². The second-order valence-corrected chi connectivity index (χ2v) is 6.06. The van der Waals surface area contributed by atoms with Gasteiger partial charge in [0.25, 0.3) is 0 Å². The molecule has 0 saturated carbocycles. The van der Waals surface area contributed by atoms with Gasteiger partial charge in [-0.25, -0.2) is 4.79 Å². The number of hydrogen-bond acceptors (Lipinski definition) is 2. The first kappa shape index (κ1) is 18.1. The summed E-state index contributed by atoms with van der Waals surface area (Å²) in [4.78, 5) is 11.6. The van der Waals surface area contributed by atoms with Crippen LogP contribution in [0.3, 0.4) is 0 Å². The molecule has 0 saturated heterocycles. The molecule has 2 amide bonds. The summed E-state index contributed by atoms with van der Waals surface area (Å²) in [6.45, 7) is 6.54. The van der Waals surface area contributed by atoms with Crippen LogP contribution in [0, 0.1) is 13.8 Å². The molecule has 2 aromatic carbocycles. The second kappa shape index (κ2) is 8.06. The van der Waals surface area contributed by atoms with E-state index in [1.54, 1.807) is 25.2 Å².